The second kappa shape index (κ2) is 6.31. The molecule has 0 unspecified atom stereocenters. The minimum atomic E-state index is -0.218. The molecule has 1 N–H and O–H groups in total. The Balaban J connectivity index is 1.86. The van der Waals surface area contributed by atoms with E-state index in [4.69, 9.17) is 4.74 Å². The largest absolute Gasteiger partial charge is 0.497 e. The molecule has 0 saturated heterocycles. The van der Waals surface area contributed by atoms with Gasteiger partial charge in [-0.25, -0.2) is 4.98 Å². The second-order valence-electron chi connectivity index (χ2n) is 4.95. The molecule has 1 amide bonds. The van der Waals surface area contributed by atoms with Gasteiger partial charge >= 0.3 is 0 Å². The maximum absolute atomic E-state index is 12.4. The molecule has 3 aromatic rings. The fourth-order valence-corrected chi connectivity index (χ4v) is 2.17. The summed E-state index contributed by atoms with van der Waals surface area (Å²) in [6, 6.07) is 14.2. The molecule has 0 radical (unpaired) electrons. The number of methoxy groups -OCH3 is 1. The molecular weight excluding hydrogens is 292 g/mol. The van der Waals surface area contributed by atoms with E-state index in [-0.39, 0.29) is 5.91 Å². The minimum Gasteiger partial charge on any atom is -0.497 e. The number of pyridine rings is 1. The highest BCUT2D eigenvalue weighted by molar-refractivity contribution is 6.04. The molecule has 0 aliphatic heterocycles. The molecule has 0 aliphatic rings. The van der Waals surface area contributed by atoms with Gasteiger partial charge in [0.25, 0.3) is 5.91 Å². The molecule has 23 heavy (non-hydrogen) atoms. The van der Waals surface area contributed by atoms with Crippen LogP contribution < -0.4 is 10.1 Å². The first-order valence-electron chi connectivity index (χ1n) is 7.11. The van der Waals surface area contributed by atoms with Crippen LogP contribution in [0.3, 0.4) is 0 Å². The zero-order valence-corrected chi connectivity index (χ0v) is 12.9. The summed E-state index contributed by atoms with van der Waals surface area (Å²) >= 11 is 0. The summed E-state index contributed by atoms with van der Waals surface area (Å²) in [4.78, 5) is 16.7. The van der Waals surface area contributed by atoms with Crippen molar-refractivity contribution in [3.05, 3.63) is 66.0 Å². The number of anilines is 1. The van der Waals surface area contributed by atoms with Crippen LogP contribution in [0.5, 0.6) is 5.75 Å². The van der Waals surface area contributed by atoms with Gasteiger partial charge in [-0.2, -0.15) is 9.78 Å². The van der Waals surface area contributed by atoms with Gasteiger partial charge in [0.15, 0.2) is 5.82 Å². The number of aromatic nitrogens is 3. The highest BCUT2D eigenvalue weighted by Gasteiger charge is 2.13. The van der Waals surface area contributed by atoms with Crippen molar-refractivity contribution >= 4 is 11.7 Å². The molecule has 0 saturated carbocycles. The third kappa shape index (κ3) is 3.21. The Kier molecular flexibility index (Phi) is 4.05. The number of hydrogen-bond acceptors (Lipinski definition) is 4. The van der Waals surface area contributed by atoms with Crippen molar-refractivity contribution in [2.24, 2.45) is 0 Å². The first-order valence-corrected chi connectivity index (χ1v) is 7.11. The summed E-state index contributed by atoms with van der Waals surface area (Å²) in [6.45, 7) is 1.86. The minimum absolute atomic E-state index is 0.218. The lowest BCUT2D eigenvalue weighted by molar-refractivity contribution is 0.102. The third-order valence-corrected chi connectivity index (χ3v) is 3.29. The number of ether oxygens (including phenoxy) is 1. The van der Waals surface area contributed by atoms with E-state index < -0.39 is 0 Å². The molecular formula is C17H16N4O2. The first-order chi connectivity index (χ1) is 11.2. The van der Waals surface area contributed by atoms with E-state index in [0.29, 0.717) is 22.9 Å². The van der Waals surface area contributed by atoms with Crippen molar-refractivity contribution < 1.29 is 9.53 Å². The van der Waals surface area contributed by atoms with Gasteiger partial charge in [-0.05, 0) is 43.3 Å². The molecule has 116 valence electrons. The van der Waals surface area contributed by atoms with Gasteiger partial charge in [0.2, 0.25) is 0 Å². The zero-order chi connectivity index (χ0) is 16.2. The molecule has 1 aromatic carbocycles. The fourth-order valence-electron chi connectivity index (χ4n) is 2.17. The number of benzene rings is 1. The molecule has 0 aliphatic carbocycles. The van der Waals surface area contributed by atoms with Gasteiger partial charge in [-0.15, -0.1) is 0 Å². The number of nitrogens with one attached hydrogen (secondary N) is 1. The Morgan fingerprint density at radius 3 is 2.61 bits per heavy atom. The average molecular weight is 308 g/mol. The summed E-state index contributed by atoms with van der Waals surface area (Å²) in [6.07, 6.45) is 1.68. The molecule has 0 fully saturated rings. The van der Waals surface area contributed by atoms with Crippen LogP contribution in [-0.2, 0) is 0 Å². The van der Waals surface area contributed by atoms with Crippen LogP contribution in [-0.4, -0.2) is 27.8 Å². The quantitative estimate of drug-likeness (QED) is 0.804. The summed E-state index contributed by atoms with van der Waals surface area (Å²) in [7, 11) is 1.59. The van der Waals surface area contributed by atoms with Crippen LogP contribution >= 0.6 is 0 Å². The van der Waals surface area contributed by atoms with Gasteiger partial charge in [0.1, 0.15) is 11.6 Å². The van der Waals surface area contributed by atoms with E-state index in [1.807, 2.05) is 25.1 Å². The van der Waals surface area contributed by atoms with Crippen LogP contribution in [0.1, 0.15) is 16.1 Å². The number of carbonyl (C=O) groups is 1. The predicted molar refractivity (Wildman–Crippen MR) is 87.0 cm³/mol. The summed E-state index contributed by atoms with van der Waals surface area (Å²) in [5.74, 6) is 1.70. The van der Waals surface area contributed by atoms with Crippen molar-refractivity contribution in [1.82, 2.24) is 14.8 Å². The molecule has 0 bridgehead atoms. The van der Waals surface area contributed by atoms with Crippen LogP contribution in [0.2, 0.25) is 0 Å². The van der Waals surface area contributed by atoms with Crippen molar-refractivity contribution in [1.29, 1.82) is 0 Å². The standard InChI is InChI=1S/C17H16N4O2/c1-12-11-16(21(20-12)15-5-3-4-10-18-15)19-17(22)13-6-8-14(23-2)9-7-13/h3-11H,1-2H3,(H,19,22). The van der Waals surface area contributed by atoms with Crippen LogP contribution in [0.25, 0.3) is 5.82 Å². The van der Waals surface area contributed by atoms with E-state index >= 15 is 0 Å². The summed E-state index contributed by atoms with van der Waals surface area (Å²) in [5.41, 5.74) is 1.33. The lowest BCUT2D eigenvalue weighted by Crippen LogP contribution is -2.15. The van der Waals surface area contributed by atoms with E-state index in [1.165, 1.54) is 0 Å². The number of amides is 1. The Hall–Kier alpha value is -3.15. The maximum Gasteiger partial charge on any atom is 0.256 e. The Labute approximate surface area is 133 Å². The zero-order valence-electron chi connectivity index (χ0n) is 12.9. The lowest BCUT2D eigenvalue weighted by atomic mass is 10.2. The van der Waals surface area contributed by atoms with E-state index in [9.17, 15) is 4.79 Å². The molecule has 6 heteroatoms. The monoisotopic (exact) mass is 308 g/mol. The summed E-state index contributed by atoms with van der Waals surface area (Å²) in [5, 5.41) is 7.24. The fraction of sp³-hybridized carbons (Fsp3) is 0.118. The second-order valence-corrected chi connectivity index (χ2v) is 4.95. The summed E-state index contributed by atoms with van der Waals surface area (Å²) < 4.78 is 6.70. The van der Waals surface area contributed by atoms with Crippen LogP contribution in [0.15, 0.2) is 54.7 Å². The lowest BCUT2D eigenvalue weighted by Gasteiger charge is -2.08. The number of carbonyl (C=O) groups excluding carboxylic acids is 1. The smallest absolute Gasteiger partial charge is 0.256 e. The van der Waals surface area contributed by atoms with Crippen LogP contribution in [0, 0.1) is 6.92 Å². The average Bonchev–Trinajstić information content (AvgIpc) is 2.96. The van der Waals surface area contributed by atoms with Crippen molar-refractivity contribution in [3.63, 3.8) is 0 Å². The van der Waals surface area contributed by atoms with E-state index in [2.05, 4.69) is 15.4 Å². The first kappa shape index (κ1) is 14.8. The SMILES string of the molecule is COc1ccc(C(=O)Nc2cc(C)nn2-c2ccccn2)cc1. The van der Waals surface area contributed by atoms with Gasteiger partial charge < -0.3 is 10.1 Å². The maximum atomic E-state index is 12.4. The third-order valence-electron chi connectivity index (χ3n) is 3.29. The molecule has 6 nitrogen and oxygen atoms in total. The highest BCUT2D eigenvalue weighted by Crippen LogP contribution is 2.17. The topological polar surface area (TPSA) is 69.0 Å². The predicted octanol–water partition coefficient (Wildman–Crippen LogP) is 2.84. The molecule has 0 spiro atoms. The van der Waals surface area contributed by atoms with Gasteiger partial charge in [-0.1, -0.05) is 6.07 Å². The molecule has 3 rings (SSSR count). The van der Waals surface area contributed by atoms with Crippen LogP contribution in [0.4, 0.5) is 5.82 Å². The Bertz CT molecular complexity index is 810. The molecule has 0 atom stereocenters. The normalized spacial score (nSPS) is 10.3. The number of rotatable bonds is 4. The number of nitrogens with zero attached hydrogens (tertiary/aromatic N) is 3. The van der Waals surface area contributed by atoms with Crippen molar-refractivity contribution in [2.45, 2.75) is 6.92 Å². The van der Waals surface area contributed by atoms with Crippen molar-refractivity contribution in [2.75, 3.05) is 12.4 Å². The molecule has 2 heterocycles. The van der Waals surface area contributed by atoms with Crippen molar-refractivity contribution in [3.8, 4) is 11.6 Å². The van der Waals surface area contributed by atoms with Gasteiger partial charge in [-0.3, -0.25) is 4.79 Å². The van der Waals surface area contributed by atoms with E-state index in [0.717, 1.165) is 5.69 Å². The molecule has 2 aromatic heterocycles. The van der Waals surface area contributed by atoms with Gasteiger partial charge in [0, 0.05) is 17.8 Å². The highest BCUT2D eigenvalue weighted by atomic mass is 16.5. The van der Waals surface area contributed by atoms with E-state index in [1.54, 1.807) is 48.3 Å². The number of aryl methyl sites for hydroxylation is 1. The Morgan fingerprint density at radius 1 is 1.17 bits per heavy atom. The van der Waals surface area contributed by atoms with Gasteiger partial charge in [0.05, 0.1) is 12.8 Å². The Morgan fingerprint density at radius 2 is 1.96 bits per heavy atom. The number of hydrogen-bond donors (Lipinski definition) is 1.